The van der Waals surface area contributed by atoms with Gasteiger partial charge in [-0.2, -0.15) is 0 Å². The smallest absolute Gasteiger partial charge is 0.317 e. The maximum atomic E-state index is 11.9. The van der Waals surface area contributed by atoms with E-state index in [0.29, 0.717) is 25.3 Å². The van der Waals surface area contributed by atoms with E-state index in [1.165, 1.54) is 6.42 Å². The van der Waals surface area contributed by atoms with Crippen LogP contribution in [0.5, 0.6) is 0 Å². The Kier molecular flexibility index (Phi) is 5.25. The molecule has 1 atom stereocenters. The van der Waals surface area contributed by atoms with Crippen LogP contribution in [0.1, 0.15) is 46.5 Å². The molecular weight excluding hydrogens is 216 g/mol. The minimum absolute atomic E-state index is 0.0307. The Morgan fingerprint density at radius 3 is 2.65 bits per heavy atom. The third kappa shape index (κ3) is 4.19. The van der Waals surface area contributed by atoms with Crippen molar-refractivity contribution in [1.29, 1.82) is 0 Å². The highest BCUT2D eigenvalue weighted by Crippen LogP contribution is 2.16. The van der Waals surface area contributed by atoms with Gasteiger partial charge in [-0.05, 0) is 31.6 Å². The standard InChI is InChI=1S/C13H26N2O2/c1-4-13(17,5-2)10-14-12(16)15-8-6-7-11(3)9-15/h11,17H,4-10H2,1-3H3,(H,14,16). The number of carbonyl (C=O) groups is 1. The van der Waals surface area contributed by atoms with Crippen molar-refractivity contribution in [1.82, 2.24) is 10.2 Å². The summed E-state index contributed by atoms with van der Waals surface area (Å²) in [6, 6.07) is -0.0307. The number of piperidine rings is 1. The third-order valence-corrected chi connectivity index (χ3v) is 3.83. The lowest BCUT2D eigenvalue weighted by molar-refractivity contribution is 0.0331. The van der Waals surface area contributed by atoms with E-state index >= 15 is 0 Å². The van der Waals surface area contributed by atoms with E-state index in [1.807, 2.05) is 18.7 Å². The molecule has 0 bridgehead atoms. The van der Waals surface area contributed by atoms with Gasteiger partial charge in [0.2, 0.25) is 0 Å². The molecule has 0 aliphatic carbocycles. The molecule has 1 aliphatic rings. The summed E-state index contributed by atoms with van der Waals surface area (Å²) in [7, 11) is 0. The van der Waals surface area contributed by atoms with E-state index in [2.05, 4.69) is 12.2 Å². The van der Waals surface area contributed by atoms with Crippen molar-refractivity contribution >= 4 is 6.03 Å². The van der Waals surface area contributed by atoms with Gasteiger partial charge >= 0.3 is 6.03 Å². The van der Waals surface area contributed by atoms with Gasteiger partial charge in [0.25, 0.3) is 0 Å². The molecule has 100 valence electrons. The summed E-state index contributed by atoms with van der Waals surface area (Å²) in [5.74, 6) is 0.589. The van der Waals surface area contributed by atoms with Crippen LogP contribution in [0.4, 0.5) is 4.79 Å². The van der Waals surface area contributed by atoms with Crippen molar-refractivity contribution in [3.63, 3.8) is 0 Å². The molecule has 1 unspecified atom stereocenters. The highest BCUT2D eigenvalue weighted by molar-refractivity contribution is 5.74. The van der Waals surface area contributed by atoms with Crippen LogP contribution in [0.15, 0.2) is 0 Å². The molecule has 1 saturated heterocycles. The summed E-state index contributed by atoms with van der Waals surface area (Å²) in [6.45, 7) is 8.09. The predicted molar refractivity (Wildman–Crippen MR) is 68.9 cm³/mol. The molecule has 1 aliphatic heterocycles. The SMILES string of the molecule is CCC(O)(CC)CNC(=O)N1CCCC(C)C1. The molecule has 1 rings (SSSR count). The molecule has 0 aromatic rings. The van der Waals surface area contributed by atoms with Gasteiger partial charge < -0.3 is 15.3 Å². The van der Waals surface area contributed by atoms with Crippen LogP contribution in [-0.4, -0.2) is 41.3 Å². The lowest BCUT2D eigenvalue weighted by Gasteiger charge is -2.32. The molecule has 4 heteroatoms. The van der Waals surface area contributed by atoms with Crippen molar-refractivity contribution in [3.8, 4) is 0 Å². The molecule has 0 spiro atoms. The Morgan fingerprint density at radius 2 is 2.12 bits per heavy atom. The molecular formula is C13H26N2O2. The molecule has 0 saturated carbocycles. The maximum absolute atomic E-state index is 11.9. The molecule has 0 aromatic carbocycles. The summed E-state index contributed by atoms with van der Waals surface area (Å²) in [6.07, 6.45) is 3.62. The minimum Gasteiger partial charge on any atom is -0.388 e. The summed E-state index contributed by atoms with van der Waals surface area (Å²) in [5, 5.41) is 12.9. The van der Waals surface area contributed by atoms with Gasteiger partial charge in [-0.1, -0.05) is 20.8 Å². The lowest BCUT2D eigenvalue weighted by Crippen LogP contribution is -2.49. The Bertz CT molecular complexity index is 252. The topological polar surface area (TPSA) is 52.6 Å². The lowest BCUT2D eigenvalue weighted by atomic mass is 9.97. The van der Waals surface area contributed by atoms with Gasteiger partial charge in [0.1, 0.15) is 0 Å². The predicted octanol–water partition coefficient (Wildman–Crippen LogP) is 1.98. The highest BCUT2D eigenvalue weighted by Gasteiger charge is 2.25. The van der Waals surface area contributed by atoms with E-state index in [0.717, 1.165) is 19.5 Å². The zero-order valence-corrected chi connectivity index (χ0v) is 11.3. The Balaban J connectivity index is 2.38. The quantitative estimate of drug-likeness (QED) is 0.792. The first-order valence-corrected chi connectivity index (χ1v) is 6.76. The van der Waals surface area contributed by atoms with Gasteiger partial charge in [-0.3, -0.25) is 0 Å². The molecule has 0 radical (unpaired) electrons. The number of nitrogens with zero attached hydrogens (tertiary/aromatic N) is 1. The van der Waals surface area contributed by atoms with Gasteiger partial charge in [0.05, 0.1) is 5.60 Å². The molecule has 4 nitrogen and oxygen atoms in total. The second-order valence-electron chi connectivity index (χ2n) is 5.28. The van der Waals surface area contributed by atoms with E-state index in [9.17, 15) is 9.90 Å². The van der Waals surface area contributed by atoms with Crippen LogP contribution in [0.25, 0.3) is 0 Å². The Labute approximate surface area is 104 Å². The van der Waals surface area contributed by atoms with E-state index in [4.69, 9.17) is 0 Å². The molecule has 2 N–H and O–H groups in total. The number of urea groups is 1. The number of hydrogen-bond acceptors (Lipinski definition) is 2. The van der Waals surface area contributed by atoms with Crippen molar-refractivity contribution in [2.45, 2.75) is 52.1 Å². The molecule has 0 aromatic heterocycles. The molecule has 2 amide bonds. The van der Waals surface area contributed by atoms with E-state index < -0.39 is 5.60 Å². The van der Waals surface area contributed by atoms with Gasteiger partial charge in [0.15, 0.2) is 0 Å². The molecule has 1 heterocycles. The number of aliphatic hydroxyl groups is 1. The van der Waals surface area contributed by atoms with Gasteiger partial charge in [0, 0.05) is 19.6 Å². The second-order valence-corrected chi connectivity index (χ2v) is 5.28. The van der Waals surface area contributed by atoms with Gasteiger partial charge in [-0.25, -0.2) is 4.79 Å². The third-order valence-electron chi connectivity index (χ3n) is 3.83. The number of likely N-dealkylation sites (tertiary alicyclic amines) is 1. The van der Waals surface area contributed by atoms with Gasteiger partial charge in [-0.15, -0.1) is 0 Å². The normalized spacial score (nSPS) is 21.4. The Hall–Kier alpha value is -0.770. The summed E-state index contributed by atoms with van der Waals surface area (Å²) >= 11 is 0. The number of rotatable bonds is 4. The van der Waals surface area contributed by atoms with Crippen LogP contribution in [0, 0.1) is 5.92 Å². The van der Waals surface area contributed by atoms with E-state index in [-0.39, 0.29) is 6.03 Å². The zero-order chi connectivity index (χ0) is 12.9. The van der Waals surface area contributed by atoms with Crippen LogP contribution >= 0.6 is 0 Å². The fraction of sp³-hybridized carbons (Fsp3) is 0.923. The number of hydrogen-bond donors (Lipinski definition) is 2. The minimum atomic E-state index is -0.753. The molecule has 17 heavy (non-hydrogen) atoms. The Morgan fingerprint density at radius 1 is 1.47 bits per heavy atom. The average molecular weight is 242 g/mol. The van der Waals surface area contributed by atoms with Crippen LogP contribution in [0.2, 0.25) is 0 Å². The van der Waals surface area contributed by atoms with Crippen LogP contribution < -0.4 is 5.32 Å². The maximum Gasteiger partial charge on any atom is 0.317 e. The van der Waals surface area contributed by atoms with Crippen molar-refractivity contribution in [3.05, 3.63) is 0 Å². The molecule has 1 fully saturated rings. The second kappa shape index (κ2) is 6.24. The van der Waals surface area contributed by atoms with Crippen LogP contribution in [-0.2, 0) is 0 Å². The van der Waals surface area contributed by atoms with Crippen molar-refractivity contribution < 1.29 is 9.90 Å². The first-order chi connectivity index (χ1) is 8.00. The van der Waals surface area contributed by atoms with Crippen LogP contribution in [0.3, 0.4) is 0 Å². The summed E-state index contributed by atoms with van der Waals surface area (Å²) < 4.78 is 0. The zero-order valence-electron chi connectivity index (χ0n) is 11.3. The first-order valence-electron chi connectivity index (χ1n) is 6.76. The van der Waals surface area contributed by atoms with E-state index in [1.54, 1.807) is 0 Å². The number of nitrogens with one attached hydrogen (secondary N) is 1. The average Bonchev–Trinajstić information content (AvgIpc) is 2.35. The highest BCUT2D eigenvalue weighted by atomic mass is 16.3. The number of carbonyl (C=O) groups excluding carboxylic acids is 1. The largest absolute Gasteiger partial charge is 0.388 e. The summed E-state index contributed by atoms with van der Waals surface area (Å²) in [4.78, 5) is 13.8. The fourth-order valence-corrected chi connectivity index (χ4v) is 2.23. The van der Waals surface area contributed by atoms with Crippen molar-refractivity contribution in [2.24, 2.45) is 5.92 Å². The summed E-state index contributed by atoms with van der Waals surface area (Å²) in [5.41, 5.74) is -0.753. The first kappa shape index (κ1) is 14.3. The van der Waals surface area contributed by atoms with Crippen molar-refractivity contribution in [2.75, 3.05) is 19.6 Å². The fourth-order valence-electron chi connectivity index (χ4n) is 2.23. The number of amides is 2. The monoisotopic (exact) mass is 242 g/mol.